The van der Waals surface area contributed by atoms with Gasteiger partial charge in [-0.25, -0.2) is 15.0 Å². The van der Waals surface area contributed by atoms with Gasteiger partial charge >= 0.3 is 0 Å². The van der Waals surface area contributed by atoms with Gasteiger partial charge in [-0.3, -0.25) is 0 Å². The summed E-state index contributed by atoms with van der Waals surface area (Å²) < 4.78 is 6.62. The van der Waals surface area contributed by atoms with Crippen molar-refractivity contribution < 1.29 is 4.42 Å². The Morgan fingerprint density at radius 1 is 0.306 bits per heavy atom. The molecule has 0 atom stereocenters. The lowest BCUT2D eigenvalue weighted by Crippen LogP contribution is -2.25. The largest absolute Gasteiger partial charge is 0.456 e. The van der Waals surface area contributed by atoms with Crippen molar-refractivity contribution in [1.82, 2.24) is 15.0 Å². The Morgan fingerprint density at radius 3 is 1.47 bits per heavy atom. The van der Waals surface area contributed by atoms with Crippen molar-refractivity contribution in [2.24, 2.45) is 0 Å². The van der Waals surface area contributed by atoms with Crippen LogP contribution in [0.3, 0.4) is 0 Å². The van der Waals surface area contributed by atoms with E-state index in [1.54, 1.807) is 0 Å². The molecule has 4 heteroatoms. The molecule has 0 saturated carbocycles. The summed E-state index contributed by atoms with van der Waals surface area (Å²) in [6.07, 6.45) is 0. The minimum absolute atomic E-state index is 0.413. The first-order valence-electron chi connectivity index (χ1n) is 21.1. The van der Waals surface area contributed by atoms with Crippen molar-refractivity contribution in [3.8, 4) is 78.7 Å². The second kappa shape index (κ2) is 13.4. The quantitative estimate of drug-likeness (QED) is 0.174. The molecule has 4 nitrogen and oxygen atoms in total. The standard InChI is InChI=1S/C58H35N3O/c1-3-15-36(16-4-1)37-29-31-39(32-30-37)56-59-55(38-17-5-2-6-18-38)60-57(61-56)45-23-14-28-52-54(45)46-35-40(33-34-51(46)62-52)41-22-13-27-50-53(41)44-21-9-12-26-49(44)58(50)47-24-10-7-19-42(47)43-20-8-11-25-48(43)58/h1-35H. The minimum atomic E-state index is -0.413. The van der Waals surface area contributed by atoms with Crippen molar-refractivity contribution in [1.29, 1.82) is 0 Å². The van der Waals surface area contributed by atoms with Crippen LogP contribution in [0.25, 0.3) is 101 Å². The highest BCUT2D eigenvalue weighted by molar-refractivity contribution is 6.13. The third-order valence-corrected chi connectivity index (χ3v) is 13.0. The highest BCUT2D eigenvalue weighted by Crippen LogP contribution is 2.64. The summed E-state index contributed by atoms with van der Waals surface area (Å²) in [4.78, 5) is 15.4. The predicted molar refractivity (Wildman–Crippen MR) is 251 cm³/mol. The van der Waals surface area contributed by atoms with Crippen molar-refractivity contribution in [2.45, 2.75) is 5.41 Å². The Hall–Kier alpha value is -8.21. The molecular formula is C58H35N3O. The van der Waals surface area contributed by atoms with Crippen LogP contribution >= 0.6 is 0 Å². The molecule has 2 heterocycles. The Morgan fingerprint density at radius 2 is 0.774 bits per heavy atom. The smallest absolute Gasteiger partial charge is 0.164 e. The first-order valence-corrected chi connectivity index (χ1v) is 21.1. The number of hydrogen-bond acceptors (Lipinski definition) is 4. The molecule has 0 amide bonds. The van der Waals surface area contributed by atoms with Gasteiger partial charge in [0.2, 0.25) is 0 Å². The van der Waals surface area contributed by atoms with Crippen LogP contribution in [0.2, 0.25) is 0 Å². The minimum Gasteiger partial charge on any atom is -0.456 e. The molecule has 0 unspecified atom stereocenters. The van der Waals surface area contributed by atoms with Crippen molar-refractivity contribution in [2.75, 3.05) is 0 Å². The maximum atomic E-state index is 6.62. The summed E-state index contributed by atoms with van der Waals surface area (Å²) in [7, 11) is 0. The first kappa shape index (κ1) is 34.6. The molecule has 11 aromatic rings. The lowest BCUT2D eigenvalue weighted by atomic mass is 9.70. The van der Waals surface area contributed by atoms with E-state index in [0.717, 1.165) is 55.3 Å². The number of nitrogens with zero attached hydrogens (tertiary/aromatic N) is 3. The van der Waals surface area contributed by atoms with Gasteiger partial charge in [0, 0.05) is 27.5 Å². The van der Waals surface area contributed by atoms with E-state index in [4.69, 9.17) is 19.4 Å². The highest BCUT2D eigenvalue weighted by Gasteiger charge is 2.52. The van der Waals surface area contributed by atoms with Gasteiger partial charge < -0.3 is 4.42 Å². The van der Waals surface area contributed by atoms with Crippen LogP contribution < -0.4 is 0 Å². The molecule has 9 aromatic carbocycles. The Bertz CT molecular complexity index is 3530. The van der Waals surface area contributed by atoms with Gasteiger partial charge in [-0.2, -0.15) is 0 Å². The third kappa shape index (κ3) is 4.98. The zero-order valence-electron chi connectivity index (χ0n) is 33.5. The Kier molecular flexibility index (Phi) is 7.49. The van der Waals surface area contributed by atoms with E-state index in [9.17, 15) is 0 Å². The van der Waals surface area contributed by atoms with E-state index in [2.05, 4.69) is 164 Å². The molecule has 0 radical (unpaired) electrons. The lowest BCUT2D eigenvalue weighted by Gasteiger charge is -2.30. The molecule has 0 saturated heterocycles. The predicted octanol–water partition coefficient (Wildman–Crippen LogP) is 14.4. The molecule has 13 rings (SSSR count). The highest BCUT2D eigenvalue weighted by atomic mass is 16.3. The van der Waals surface area contributed by atoms with E-state index in [1.807, 2.05) is 48.5 Å². The molecule has 0 bridgehead atoms. The molecule has 1 spiro atoms. The van der Waals surface area contributed by atoms with Crippen molar-refractivity contribution in [3.05, 3.63) is 235 Å². The lowest BCUT2D eigenvalue weighted by molar-refractivity contribution is 0.669. The number of furan rings is 1. The van der Waals surface area contributed by atoms with Gasteiger partial charge in [-0.1, -0.05) is 194 Å². The van der Waals surface area contributed by atoms with E-state index in [-0.39, 0.29) is 0 Å². The average Bonchev–Trinajstić information content (AvgIpc) is 3.98. The monoisotopic (exact) mass is 789 g/mol. The Balaban J connectivity index is 1.00. The molecule has 2 aliphatic carbocycles. The third-order valence-electron chi connectivity index (χ3n) is 13.0. The first-order chi connectivity index (χ1) is 30.7. The maximum Gasteiger partial charge on any atom is 0.164 e. The molecule has 0 aliphatic heterocycles. The van der Waals surface area contributed by atoms with Crippen LogP contribution in [0.15, 0.2) is 217 Å². The van der Waals surface area contributed by atoms with Crippen LogP contribution in [-0.4, -0.2) is 15.0 Å². The zero-order chi connectivity index (χ0) is 40.8. The molecular weight excluding hydrogens is 755 g/mol. The summed E-state index contributed by atoms with van der Waals surface area (Å²) in [6, 6.07) is 75.6. The maximum absolute atomic E-state index is 6.62. The summed E-state index contributed by atoms with van der Waals surface area (Å²) in [6.45, 7) is 0. The molecule has 288 valence electrons. The number of rotatable bonds is 5. The fraction of sp³-hybridized carbons (Fsp3) is 0.0172. The topological polar surface area (TPSA) is 51.8 Å². The van der Waals surface area contributed by atoms with E-state index >= 15 is 0 Å². The summed E-state index contributed by atoms with van der Waals surface area (Å²) in [5, 5.41) is 1.99. The van der Waals surface area contributed by atoms with Crippen LogP contribution in [-0.2, 0) is 5.41 Å². The normalized spacial score (nSPS) is 13.0. The van der Waals surface area contributed by atoms with Gasteiger partial charge in [0.05, 0.1) is 5.41 Å². The van der Waals surface area contributed by atoms with Gasteiger partial charge in [-0.15, -0.1) is 0 Å². The van der Waals surface area contributed by atoms with Gasteiger partial charge in [0.1, 0.15) is 11.2 Å². The second-order valence-corrected chi connectivity index (χ2v) is 16.2. The Labute approximate surface area is 358 Å². The molecule has 2 aliphatic rings. The number of fused-ring (bicyclic) bond motifs is 13. The van der Waals surface area contributed by atoms with Gasteiger partial charge in [0.15, 0.2) is 17.5 Å². The van der Waals surface area contributed by atoms with Crippen LogP contribution in [0.1, 0.15) is 22.3 Å². The van der Waals surface area contributed by atoms with Crippen LogP contribution in [0.4, 0.5) is 0 Å². The molecule has 62 heavy (non-hydrogen) atoms. The van der Waals surface area contributed by atoms with Crippen molar-refractivity contribution >= 4 is 21.9 Å². The van der Waals surface area contributed by atoms with E-state index < -0.39 is 5.41 Å². The summed E-state index contributed by atoms with van der Waals surface area (Å²) in [5.41, 5.74) is 19.0. The fourth-order valence-electron chi connectivity index (χ4n) is 10.3. The molecule has 2 aromatic heterocycles. The van der Waals surface area contributed by atoms with E-state index in [0.29, 0.717) is 17.5 Å². The second-order valence-electron chi connectivity index (χ2n) is 16.2. The van der Waals surface area contributed by atoms with Gasteiger partial charge in [0.25, 0.3) is 0 Å². The number of hydrogen-bond donors (Lipinski definition) is 0. The fourth-order valence-corrected chi connectivity index (χ4v) is 10.3. The molecule has 0 fully saturated rings. The summed E-state index contributed by atoms with van der Waals surface area (Å²) in [5.74, 6) is 1.82. The number of benzene rings is 9. The van der Waals surface area contributed by atoms with Crippen LogP contribution in [0.5, 0.6) is 0 Å². The molecule has 0 N–H and O–H groups in total. The number of aromatic nitrogens is 3. The van der Waals surface area contributed by atoms with Gasteiger partial charge in [-0.05, 0) is 85.0 Å². The van der Waals surface area contributed by atoms with Crippen LogP contribution in [0, 0.1) is 0 Å². The van der Waals surface area contributed by atoms with Crippen molar-refractivity contribution in [3.63, 3.8) is 0 Å². The summed E-state index contributed by atoms with van der Waals surface area (Å²) >= 11 is 0. The zero-order valence-corrected chi connectivity index (χ0v) is 33.5. The van der Waals surface area contributed by atoms with E-state index in [1.165, 1.54) is 50.1 Å². The SMILES string of the molecule is c1ccc(-c2ccc(-c3nc(-c4ccccc4)nc(-c4cccc5oc6ccc(-c7cccc8c7-c7ccccc7C87c8ccccc8-c8ccccc87)cc6c45)n3)cc2)cc1. The average molecular weight is 790 g/mol.